The first-order valence-electron chi connectivity index (χ1n) is 6.43. The highest BCUT2D eigenvalue weighted by Crippen LogP contribution is 2.20. The van der Waals surface area contributed by atoms with E-state index in [-0.39, 0.29) is 12.5 Å². The van der Waals surface area contributed by atoms with Gasteiger partial charge >= 0.3 is 0 Å². The number of imidazole rings is 1. The number of amides is 1. The monoisotopic (exact) mass is 302 g/mol. The van der Waals surface area contributed by atoms with Gasteiger partial charge in [0.15, 0.2) is 0 Å². The standard InChI is InChI=1S/C15H15ClN4O/c16-13-3-4-14(12(10-13)2-1-6-17)19-15(21)5-8-20-9-7-18-11-20/h3-4,7,9-11H,5-6,8,17H2,(H,19,21). The average molecular weight is 303 g/mol. The third-order valence-electron chi connectivity index (χ3n) is 2.74. The molecular formula is C15H15ClN4O. The molecule has 0 fully saturated rings. The lowest BCUT2D eigenvalue weighted by Crippen LogP contribution is -2.14. The third kappa shape index (κ3) is 4.63. The molecular weight excluding hydrogens is 288 g/mol. The molecule has 0 radical (unpaired) electrons. The molecule has 0 unspecified atom stereocenters. The van der Waals surface area contributed by atoms with Crippen LogP contribution in [0, 0.1) is 11.8 Å². The molecule has 6 heteroatoms. The molecule has 1 heterocycles. The molecule has 0 aliphatic carbocycles. The van der Waals surface area contributed by atoms with Crippen LogP contribution in [0.25, 0.3) is 0 Å². The van der Waals surface area contributed by atoms with Gasteiger partial charge in [0.25, 0.3) is 0 Å². The summed E-state index contributed by atoms with van der Waals surface area (Å²) < 4.78 is 1.84. The van der Waals surface area contributed by atoms with E-state index in [0.717, 1.165) is 0 Å². The normalized spacial score (nSPS) is 9.81. The molecule has 0 aliphatic heterocycles. The fourth-order valence-corrected chi connectivity index (χ4v) is 1.91. The SMILES string of the molecule is NCC#Cc1cc(Cl)ccc1NC(=O)CCn1ccnc1. The number of benzene rings is 1. The highest BCUT2D eigenvalue weighted by atomic mass is 35.5. The van der Waals surface area contributed by atoms with Crippen LogP contribution in [0.2, 0.25) is 5.02 Å². The molecule has 0 atom stereocenters. The van der Waals surface area contributed by atoms with Crippen molar-refractivity contribution in [3.8, 4) is 11.8 Å². The summed E-state index contributed by atoms with van der Waals surface area (Å²) in [6.45, 7) is 0.823. The molecule has 1 aromatic carbocycles. The van der Waals surface area contributed by atoms with E-state index in [0.29, 0.717) is 29.2 Å². The largest absolute Gasteiger partial charge is 0.337 e. The maximum absolute atomic E-state index is 12.0. The molecule has 0 saturated carbocycles. The number of rotatable bonds is 4. The summed E-state index contributed by atoms with van der Waals surface area (Å²) in [5, 5.41) is 3.40. The van der Waals surface area contributed by atoms with Crippen molar-refractivity contribution in [1.29, 1.82) is 0 Å². The smallest absolute Gasteiger partial charge is 0.226 e. The molecule has 3 N–H and O–H groups in total. The second-order valence-corrected chi connectivity index (χ2v) is 4.73. The minimum Gasteiger partial charge on any atom is -0.337 e. The van der Waals surface area contributed by atoms with Crippen LogP contribution >= 0.6 is 11.6 Å². The third-order valence-corrected chi connectivity index (χ3v) is 2.97. The Morgan fingerprint density at radius 2 is 2.33 bits per heavy atom. The first-order chi connectivity index (χ1) is 10.2. The molecule has 0 bridgehead atoms. The maximum atomic E-state index is 12.0. The zero-order valence-electron chi connectivity index (χ0n) is 11.3. The molecule has 0 saturated heterocycles. The molecule has 2 rings (SSSR count). The van der Waals surface area contributed by atoms with Crippen LogP contribution in [0.15, 0.2) is 36.9 Å². The predicted octanol–water partition coefficient (Wildman–Crippen LogP) is 1.88. The van der Waals surface area contributed by atoms with Crippen molar-refractivity contribution in [3.05, 3.63) is 47.5 Å². The van der Waals surface area contributed by atoms with Gasteiger partial charge in [-0.1, -0.05) is 23.4 Å². The summed E-state index contributed by atoms with van der Waals surface area (Å²) in [5.74, 6) is 5.56. The van der Waals surface area contributed by atoms with Crippen LogP contribution in [0.3, 0.4) is 0 Å². The van der Waals surface area contributed by atoms with Crippen molar-refractivity contribution < 1.29 is 4.79 Å². The van der Waals surface area contributed by atoms with Gasteiger partial charge in [-0.15, -0.1) is 0 Å². The molecule has 1 amide bonds. The number of nitrogens with zero attached hydrogens (tertiary/aromatic N) is 2. The number of hydrogen-bond acceptors (Lipinski definition) is 3. The van der Waals surface area contributed by atoms with Crippen LogP contribution in [-0.4, -0.2) is 22.0 Å². The van der Waals surface area contributed by atoms with Crippen molar-refractivity contribution in [2.45, 2.75) is 13.0 Å². The van der Waals surface area contributed by atoms with E-state index in [9.17, 15) is 4.79 Å². The van der Waals surface area contributed by atoms with Crippen LogP contribution < -0.4 is 11.1 Å². The van der Waals surface area contributed by atoms with Gasteiger partial charge in [-0.2, -0.15) is 0 Å². The number of aromatic nitrogens is 2. The fraction of sp³-hybridized carbons (Fsp3) is 0.200. The lowest BCUT2D eigenvalue weighted by Gasteiger charge is -2.08. The van der Waals surface area contributed by atoms with E-state index >= 15 is 0 Å². The zero-order valence-corrected chi connectivity index (χ0v) is 12.1. The highest BCUT2D eigenvalue weighted by molar-refractivity contribution is 6.30. The lowest BCUT2D eigenvalue weighted by molar-refractivity contribution is -0.116. The predicted molar refractivity (Wildman–Crippen MR) is 82.9 cm³/mol. The Balaban J connectivity index is 2.02. The summed E-state index contributed by atoms with van der Waals surface area (Å²) in [6, 6.07) is 5.15. The molecule has 0 spiro atoms. The summed E-state index contributed by atoms with van der Waals surface area (Å²) >= 11 is 5.94. The van der Waals surface area contributed by atoms with Gasteiger partial charge in [-0.05, 0) is 18.2 Å². The van der Waals surface area contributed by atoms with Crippen LogP contribution in [0.5, 0.6) is 0 Å². The topological polar surface area (TPSA) is 72.9 Å². The molecule has 108 valence electrons. The van der Waals surface area contributed by atoms with Crippen LogP contribution in [0.4, 0.5) is 5.69 Å². The van der Waals surface area contributed by atoms with E-state index in [1.165, 1.54) is 0 Å². The van der Waals surface area contributed by atoms with Gasteiger partial charge in [0.2, 0.25) is 5.91 Å². The summed E-state index contributed by atoms with van der Waals surface area (Å²) in [5.41, 5.74) is 6.66. The Morgan fingerprint density at radius 1 is 1.48 bits per heavy atom. The first kappa shape index (κ1) is 15.1. The number of carbonyl (C=O) groups is 1. The second-order valence-electron chi connectivity index (χ2n) is 4.29. The minimum atomic E-state index is -0.0955. The minimum absolute atomic E-state index is 0.0955. The molecule has 1 aromatic heterocycles. The zero-order chi connectivity index (χ0) is 15.1. The van der Waals surface area contributed by atoms with E-state index in [1.807, 2.05) is 10.8 Å². The van der Waals surface area contributed by atoms with Gasteiger partial charge in [0.05, 0.1) is 18.6 Å². The number of halogens is 1. The quantitative estimate of drug-likeness (QED) is 0.847. The number of hydrogen-bond donors (Lipinski definition) is 2. The van der Waals surface area contributed by atoms with Gasteiger partial charge < -0.3 is 15.6 Å². The van der Waals surface area contributed by atoms with E-state index < -0.39 is 0 Å². The number of nitrogens with one attached hydrogen (secondary N) is 1. The Kier molecular flexibility index (Phi) is 5.38. The van der Waals surface area contributed by atoms with Crippen LogP contribution in [0.1, 0.15) is 12.0 Å². The van der Waals surface area contributed by atoms with Crippen molar-refractivity contribution in [2.24, 2.45) is 5.73 Å². The Bertz CT molecular complexity index is 671. The summed E-state index contributed by atoms with van der Waals surface area (Å²) in [7, 11) is 0. The van der Waals surface area contributed by atoms with E-state index in [2.05, 4.69) is 22.1 Å². The van der Waals surface area contributed by atoms with Crippen molar-refractivity contribution in [2.75, 3.05) is 11.9 Å². The summed E-state index contributed by atoms with van der Waals surface area (Å²) in [4.78, 5) is 15.9. The Morgan fingerprint density at radius 3 is 3.05 bits per heavy atom. The Labute approximate surface area is 128 Å². The second kappa shape index (κ2) is 7.48. The number of carbonyl (C=O) groups excluding carboxylic acids is 1. The van der Waals surface area contributed by atoms with Gasteiger partial charge in [0, 0.05) is 35.9 Å². The van der Waals surface area contributed by atoms with Gasteiger partial charge in [0.1, 0.15) is 0 Å². The van der Waals surface area contributed by atoms with Crippen molar-refractivity contribution in [1.82, 2.24) is 9.55 Å². The van der Waals surface area contributed by atoms with Gasteiger partial charge in [-0.3, -0.25) is 4.79 Å². The maximum Gasteiger partial charge on any atom is 0.226 e. The van der Waals surface area contributed by atoms with Crippen molar-refractivity contribution in [3.63, 3.8) is 0 Å². The molecule has 21 heavy (non-hydrogen) atoms. The molecule has 0 aliphatic rings. The number of aryl methyl sites for hydroxylation is 1. The first-order valence-corrected chi connectivity index (χ1v) is 6.81. The average Bonchev–Trinajstić information content (AvgIpc) is 2.98. The number of nitrogens with two attached hydrogens (primary N) is 1. The lowest BCUT2D eigenvalue weighted by atomic mass is 10.1. The van der Waals surface area contributed by atoms with Crippen LogP contribution in [-0.2, 0) is 11.3 Å². The number of anilines is 1. The van der Waals surface area contributed by atoms with E-state index in [4.69, 9.17) is 17.3 Å². The van der Waals surface area contributed by atoms with E-state index in [1.54, 1.807) is 30.7 Å². The van der Waals surface area contributed by atoms with Crippen molar-refractivity contribution >= 4 is 23.2 Å². The molecule has 2 aromatic rings. The Hall–Kier alpha value is -2.29. The highest BCUT2D eigenvalue weighted by Gasteiger charge is 2.06. The molecule has 5 nitrogen and oxygen atoms in total. The fourth-order valence-electron chi connectivity index (χ4n) is 1.74. The van der Waals surface area contributed by atoms with Gasteiger partial charge in [-0.25, -0.2) is 4.98 Å². The summed E-state index contributed by atoms with van der Waals surface area (Å²) in [6.07, 6.45) is 5.52.